The first-order valence-corrected chi connectivity index (χ1v) is 7.18. The van der Waals surface area contributed by atoms with Crippen LogP contribution in [0.25, 0.3) is 16.9 Å². The van der Waals surface area contributed by atoms with Crippen molar-refractivity contribution >= 4 is 17.0 Å². The van der Waals surface area contributed by atoms with Crippen molar-refractivity contribution in [3.05, 3.63) is 55.0 Å². The summed E-state index contributed by atoms with van der Waals surface area (Å²) in [5.74, 6) is 2.00. The van der Waals surface area contributed by atoms with Gasteiger partial charge in [0.25, 0.3) is 0 Å². The highest BCUT2D eigenvalue weighted by atomic mass is 15.2. The third-order valence-corrected chi connectivity index (χ3v) is 3.53. The van der Waals surface area contributed by atoms with E-state index in [2.05, 4.69) is 35.5 Å². The molecule has 114 valence electrons. The standard InChI is InChI=1S/C15H14N8/c1-10(14-17-8-19-22-14)20-15-16-7-6-13(21-15)23-9-18-11-4-2-3-5-12(11)23/h2-10H,1H3,(H,16,20,21)(H,17,19,22). The number of rotatable bonds is 4. The maximum atomic E-state index is 4.55. The summed E-state index contributed by atoms with van der Waals surface area (Å²) in [7, 11) is 0. The van der Waals surface area contributed by atoms with Crippen LogP contribution in [0.1, 0.15) is 18.8 Å². The van der Waals surface area contributed by atoms with E-state index in [0.717, 1.165) is 22.7 Å². The number of para-hydroxylation sites is 2. The summed E-state index contributed by atoms with van der Waals surface area (Å²) in [6, 6.07) is 9.69. The zero-order valence-corrected chi connectivity index (χ0v) is 12.4. The summed E-state index contributed by atoms with van der Waals surface area (Å²) < 4.78 is 1.93. The first-order valence-electron chi connectivity index (χ1n) is 7.18. The Hall–Kier alpha value is -3.29. The maximum Gasteiger partial charge on any atom is 0.225 e. The maximum absolute atomic E-state index is 4.55. The lowest BCUT2D eigenvalue weighted by atomic mass is 10.3. The summed E-state index contributed by atoms with van der Waals surface area (Å²) in [5.41, 5.74) is 1.93. The first kappa shape index (κ1) is 13.4. The molecule has 0 aliphatic rings. The van der Waals surface area contributed by atoms with Crippen molar-refractivity contribution in [1.29, 1.82) is 0 Å². The van der Waals surface area contributed by atoms with Crippen molar-refractivity contribution in [2.24, 2.45) is 0 Å². The van der Waals surface area contributed by atoms with Gasteiger partial charge in [-0.2, -0.15) is 10.1 Å². The van der Waals surface area contributed by atoms with Crippen LogP contribution in [-0.4, -0.2) is 34.7 Å². The number of aromatic amines is 1. The van der Waals surface area contributed by atoms with E-state index in [1.165, 1.54) is 6.33 Å². The minimum Gasteiger partial charge on any atom is -0.344 e. The third kappa shape index (κ3) is 2.50. The quantitative estimate of drug-likeness (QED) is 0.599. The van der Waals surface area contributed by atoms with E-state index in [1.807, 2.05) is 41.8 Å². The van der Waals surface area contributed by atoms with Crippen molar-refractivity contribution in [2.75, 3.05) is 5.32 Å². The number of H-pyrrole nitrogens is 1. The highest BCUT2D eigenvalue weighted by Gasteiger charge is 2.11. The van der Waals surface area contributed by atoms with Crippen LogP contribution in [0.3, 0.4) is 0 Å². The van der Waals surface area contributed by atoms with Gasteiger partial charge in [-0.25, -0.2) is 15.0 Å². The Bertz CT molecular complexity index is 927. The summed E-state index contributed by atoms with van der Waals surface area (Å²) in [4.78, 5) is 17.3. The molecule has 1 aromatic carbocycles. The van der Waals surface area contributed by atoms with E-state index in [-0.39, 0.29) is 6.04 Å². The van der Waals surface area contributed by atoms with Gasteiger partial charge in [-0.15, -0.1) is 0 Å². The van der Waals surface area contributed by atoms with Gasteiger partial charge in [-0.05, 0) is 25.1 Å². The Kier molecular flexibility index (Phi) is 3.19. The molecule has 2 N–H and O–H groups in total. The van der Waals surface area contributed by atoms with Crippen LogP contribution in [0.4, 0.5) is 5.95 Å². The number of hydrogen-bond donors (Lipinski definition) is 2. The Morgan fingerprint density at radius 1 is 1.13 bits per heavy atom. The molecule has 1 unspecified atom stereocenters. The van der Waals surface area contributed by atoms with E-state index in [1.54, 1.807) is 12.5 Å². The van der Waals surface area contributed by atoms with Crippen molar-refractivity contribution < 1.29 is 0 Å². The van der Waals surface area contributed by atoms with Gasteiger partial charge in [0.2, 0.25) is 5.95 Å². The van der Waals surface area contributed by atoms with E-state index in [4.69, 9.17) is 0 Å². The summed E-state index contributed by atoms with van der Waals surface area (Å²) >= 11 is 0. The topological polar surface area (TPSA) is 97.2 Å². The normalized spacial score (nSPS) is 12.4. The van der Waals surface area contributed by atoms with Gasteiger partial charge in [0.15, 0.2) is 0 Å². The van der Waals surface area contributed by atoms with Gasteiger partial charge in [0.1, 0.15) is 24.3 Å². The molecule has 0 bridgehead atoms. The molecule has 0 aliphatic carbocycles. The molecule has 1 atom stereocenters. The largest absolute Gasteiger partial charge is 0.344 e. The molecule has 0 aliphatic heterocycles. The average Bonchev–Trinajstić information content (AvgIpc) is 3.25. The predicted molar refractivity (Wildman–Crippen MR) is 85.1 cm³/mol. The van der Waals surface area contributed by atoms with Crippen molar-refractivity contribution in [3.63, 3.8) is 0 Å². The molecule has 23 heavy (non-hydrogen) atoms. The number of nitrogens with zero attached hydrogens (tertiary/aromatic N) is 6. The van der Waals surface area contributed by atoms with Crippen LogP contribution in [0.2, 0.25) is 0 Å². The second-order valence-electron chi connectivity index (χ2n) is 5.08. The minimum atomic E-state index is -0.0766. The van der Waals surface area contributed by atoms with Gasteiger partial charge in [0, 0.05) is 6.20 Å². The summed E-state index contributed by atoms with van der Waals surface area (Å²) in [6.07, 6.45) is 4.95. The van der Waals surface area contributed by atoms with Gasteiger partial charge in [0.05, 0.1) is 17.1 Å². The van der Waals surface area contributed by atoms with E-state index >= 15 is 0 Å². The molecule has 0 radical (unpaired) electrons. The molecular weight excluding hydrogens is 292 g/mol. The zero-order valence-electron chi connectivity index (χ0n) is 12.4. The Labute approximate surface area is 131 Å². The number of aromatic nitrogens is 7. The second kappa shape index (κ2) is 5.48. The number of anilines is 1. The molecule has 4 rings (SSSR count). The van der Waals surface area contributed by atoms with Gasteiger partial charge >= 0.3 is 0 Å². The summed E-state index contributed by atoms with van der Waals surface area (Å²) in [5, 5.41) is 9.88. The van der Waals surface area contributed by atoms with E-state index in [0.29, 0.717) is 5.95 Å². The van der Waals surface area contributed by atoms with Gasteiger partial charge in [-0.3, -0.25) is 9.67 Å². The Morgan fingerprint density at radius 3 is 2.91 bits per heavy atom. The average molecular weight is 306 g/mol. The molecule has 0 fully saturated rings. The van der Waals surface area contributed by atoms with Crippen LogP contribution in [0, 0.1) is 0 Å². The lowest BCUT2D eigenvalue weighted by Gasteiger charge is -2.11. The Balaban J connectivity index is 1.66. The number of hydrogen-bond acceptors (Lipinski definition) is 6. The van der Waals surface area contributed by atoms with Crippen molar-refractivity contribution in [3.8, 4) is 5.82 Å². The van der Waals surface area contributed by atoms with Crippen molar-refractivity contribution in [2.45, 2.75) is 13.0 Å². The molecule has 0 saturated carbocycles. The van der Waals surface area contributed by atoms with Gasteiger partial charge < -0.3 is 5.32 Å². The minimum absolute atomic E-state index is 0.0766. The zero-order chi connectivity index (χ0) is 15.6. The monoisotopic (exact) mass is 306 g/mol. The highest BCUT2D eigenvalue weighted by molar-refractivity contribution is 5.76. The second-order valence-corrected chi connectivity index (χ2v) is 5.08. The first-order chi connectivity index (χ1) is 11.3. The van der Waals surface area contributed by atoms with E-state index in [9.17, 15) is 0 Å². The van der Waals surface area contributed by atoms with Crippen LogP contribution in [-0.2, 0) is 0 Å². The highest BCUT2D eigenvalue weighted by Crippen LogP contribution is 2.18. The molecule has 8 nitrogen and oxygen atoms in total. The Morgan fingerprint density at radius 2 is 2.04 bits per heavy atom. The number of benzene rings is 1. The molecular formula is C15H14N8. The number of fused-ring (bicyclic) bond motifs is 1. The van der Waals surface area contributed by atoms with E-state index < -0.39 is 0 Å². The molecule has 0 saturated heterocycles. The smallest absolute Gasteiger partial charge is 0.225 e. The third-order valence-electron chi connectivity index (χ3n) is 3.53. The summed E-state index contributed by atoms with van der Waals surface area (Å²) in [6.45, 7) is 1.96. The molecule has 4 aromatic rings. The fourth-order valence-electron chi connectivity index (χ4n) is 2.38. The molecule has 0 amide bonds. The van der Waals surface area contributed by atoms with Gasteiger partial charge in [-0.1, -0.05) is 12.1 Å². The molecule has 0 spiro atoms. The molecule has 3 aromatic heterocycles. The fraction of sp³-hybridized carbons (Fsp3) is 0.133. The lowest BCUT2D eigenvalue weighted by Crippen LogP contribution is -2.12. The lowest BCUT2D eigenvalue weighted by molar-refractivity contribution is 0.780. The van der Waals surface area contributed by atoms with Crippen LogP contribution < -0.4 is 5.32 Å². The van der Waals surface area contributed by atoms with Crippen molar-refractivity contribution in [1.82, 2.24) is 34.7 Å². The predicted octanol–water partition coefficient (Wildman–Crippen LogP) is 2.11. The fourth-order valence-corrected chi connectivity index (χ4v) is 2.38. The number of imidazole rings is 1. The van der Waals surface area contributed by atoms with Crippen LogP contribution >= 0.6 is 0 Å². The number of nitrogens with one attached hydrogen (secondary N) is 2. The molecule has 3 heterocycles. The molecule has 8 heteroatoms. The van der Waals surface area contributed by atoms with Crippen LogP contribution in [0.5, 0.6) is 0 Å². The SMILES string of the molecule is CC(Nc1nccc(-n2cnc3ccccc32)n1)c1ncn[nH]1. The van der Waals surface area contributed by atoms with Crippen LogP contribution in [0.15, 0.2) is 49.2 Å².